The second kappa shape index (κ2) is 7.64. The molecular formula is C20H23N9O2S. The van der Waals surface area contributed by atoms with E-state index in [9.17, 15) is 8.42 Å². The average Bonchev–Trinajstić information content (AvgIpc) is 3.26. The lowest BCUT2D eigenvalue weighted by Gasteiger charge is -2.11. The number of aryl methyl sites for hydroxylation is 1. The van der Waals surface area contributed by atoms with Gasteiger partial charge >= 0.3 is 0 Å². The van der Waals surface area contributed by atoms with Crippen LogP contribution in [-0.2, 0) is 10.0 Å². The predicted molar refractivity (Wildman–Crippen MR) is 118 cm³/mol. The van der Waals surface area contributed by atoms with Gasteiger partial charge in [0.15, 0.2) is 5.03 Å². The first-order valence-corrected chi connectivity index (χ1v) is 11.8. The van der Waals surface area contributed by atoms with Crippen LogP contribution in [0, 0.1) is 6.92 Å². The number of anilines is 2. The van der Waals surface area contributed by atoms with E-state index >= 15 is 0 Å². The SMILES string of the molecule is Cc1nc2cnc(Nc3ccnc(-n4cnc(S(=O)(=O)NC5CC5)c4)n3)cc2n1C(C)C. The molecule has 12 heteroatoms. The van der Waals surface area contributed by atoms with Crippen molar-refractivity contribution in [2.75, 3.05) is 5.32 Å². The quantitative estimate of drug-likeness (QED) is 0.436. The maximum Gasteiger partial charge on any atom is 0.259 e. The molecule has 1 fully saturated rings. The van der Waals surface area contributed by atoms with Gasteiger partial charge in [-0.3, -0.25) is 4.57 Å². The third kappa shape index (κ3) is 3.94. The minimum absolute atomic E-state index is 0.00885. The van der Waals surface area contributed by atoms with Crippen molar-refractivity contribution < 1.29 is 8.42 Å². The molecule has 4 aromatic rings. The van der Waals surface area contributed by atoms with E-state index in [4.69, 9.17) is 0 Å². The minimum Gasteiger partial charge on any atom is -0.326 e. The lowest BCUT2D eigenvalue weighted by Crippen LogP contribution is -2.25. The first-order valence-electron chi connectivity index (χ1n) is 10.3. The number of sulfonamides is 1. The largest absolute Gasteiger partial charge is 0.326 e. The molecule has 0 atom stereocenters. The number of hydrogen-bond donors (Lipinski definition) is 2. The maximum atomic E-state index is 12.4. The molecule has 2 N–H and O–H groups in total. The van der Waals surface area contributed by atoms with E-state index < -0.39 is 10.0 Å². The number of pyridine rings is 1. The van der Waals surface area contributed by atoms with Gasteiger partial charge in [-0.2, -0.15) is 4.98 Å². The number of nitrogens with zero attached hydrogens (tertiary/aromatic N) is 7. The highest BCUT2D eigenvalue weighted by Crippen LogP contribution is 2.24. The van der Waals surface area contributed by atoms with Gasteiger partial charge in [-0.25, -0.2) is 33.1 Å². The summed E-state index contributed by atoms with van der Waals surface area (Å²) in [5.74, 6) is 2.36. The van der Waals surface area contributed by atoms with Crippen molar-refractivity contribution in [1.82, 2.24) is 38.8 Å². The summed E-state index contributed by atoms with van der Waals surface area (Å²) in [4.78, 5) is 21.7. The van der Waals surface area contributed by atoms with Crippen molar-refractivity contribution >= 4 is 32.7 Å². The zero-order valence-corrected chi connectivity index (χ0v) is 18.7. The van der Waals surface area contributed by atoms with Crippen molar-refractivity contribution in [2.45, 2.75) is 50.7 Å². The molecule has 0 aromatic carbocycles. The summed E-state index contributed by atoms with van der Waals surface area (Å²) < 4.78 is 31.0. The molecule has 0 unspecified atom stereocenters. The highest BCUT2D eigenvalue weighted by atomic mass is 32.2. The third-order valence-electron chi connectivity index (χ3n) is 5.13. The van der Waals surface area contributed by atoms with E-state index in [2.05, 4.69) is 53.4 Å². The van der Waals surface area contributed by atoms with Crippen LogP contribution >= 0.6 is 0 Å². The number of nitrogens with one attached hydrogen (secondary N) is 2. The Balaban J connectivity index is 1.41. The van der Waals surface area contributed by atoms with E-state index in [0.717, 1.165) is 29.7 Å². The fourth-order valence-electron chi connectivity index (χ4n) is 3.55. The monoisotopic (exact) mass is 453 g/mol. The average molecular weight is 454 g/mol. The van der Waals surface area contributed by atoms with Crippen LogP contribution in [0.1, 0.15) is 38.6 Å². The third-order valence-corrected chi connectivity index (χ3v) is 6.54. The molecule has 0 amide bonds. The minimum atomic E-state index is -3.64. The summed E-state index contributed by atoms with van der Waals surface area (Å²) in [7, 11) is -3.64. The van der Waals surface area contributed by atoms with Crippen LogP contribution in [0.15, 0.2) is 42.1 Å². The molecule has 4 heterocycles. The molecule has 4 aromatic heterocycles. The molecule has 5 rings (SSSR count). The van der Waals surface area contributed by atoms with Gasteiger partial charge in [-0.15, -0.1) is 0 Å². The highest BCUT2D eigenvalue weighted by molar-refractivity contribution is 7.89. The first kappa shape index (κ1) is 20.5. The molecule has 1 aliphatic carbocycles. The van der Waals surface area contributed by atoms with Crippen LogP contribution < -0.4 is 10.0 Å². The highest BCUT2D eigenvalue weighted by Gasteiger charge is 2.29. The molecule has 32 heavy (non-hydrogen) atoms. The molecule has 1 aliphatic rings. The molecule has 0 aliphatic heterocycles. The Morgan fingerprint density at radius 1 is 1.12 bits per heavy atom. The fourth-order valence-corrected chi connectivity index (χ4v) is 4.78. The van der Waals surface area contributed by atoms with Gasteiger partial charge in [0.1, 0.15) is 29.3 Å². The van der Waals surface area contributed by atoms with Crippen LogP contribution in [0.2, 0.25) is 0 Å². The predicted octanol–water partition coefficient (Wildman–Crippen LogP) is 2.48. The number of aromatic nitrogens is 7. The summed E-state index contributed by atoms with van der Waals surface area (Å²) in [5.41, 5.74) is 1.81. The van der Waals surface area contributed by atoms with Crippen LogP contribution in [-0.4, -0.2) is 48.5 Å². The molecule has 11 nitrogen and oxygen atoms in total. The molecular weight excluding hydrogens is 430 g/mol. The summed E-state index contributed by atoms with van der Waals surface area (Å²) in [6.07, 6.45) is 7.81. The number of imidazole rings is 2. The molecule has 0 bridgehead atoms. The van der Waals surface area contributed by atoms with E-state index in [0.29, 0.717) is 17.6 Å². The second-order valence-electron chi connectivity index (χ2n) is 8.06. The van der Waals surface area contributed by atoms with Crippen molar-refractivity contribution in [3.05, 3.63) is 42.9 Å². The molecule has 1 saturated carbocycles. The van der Waals surface area contributed by atoms with Gasteiger partial charge in [-0.1, -0.05) is 0 Å². The second-order valence-corrected chi connectivity index (χ2v) is 9.72. The van der Waals surface area contributed by atoms with Crippen molar-refractivity contribution in [3.8, 4) is 5.95 Å². The van der Waals surface area contributed by atoms with Crippen LogP contribution in [0.3, 0.4) is 0 Å². The van der Waals surface area contributed by atoms with Crippen LogP contribution in [0.5, 0.6) is 0 Å². The number of hydrogen-bond acceptors (Lipinski definition) is 8. The smallest absolute Gasteiger partial charge is 0.259 e. The Labute approximate surface area is 185 Å². The van der Waals surface area contributed by atoms with E-state index in [1.165, 1.54) is 17.1 Å². The van der Waals surface area contributed by atoms with Gasteiger partial charge in [0, 0.05) is 24.3 Å². The van der Waals surface area contributed by atoms with E-state index in [-0.39, 0.29) is 17.1 Å². The standard InChI is InChI=1S/C20H23N9O2S/c1-12(2)29-13(3)24-15-9-22-18(8-16(15)29)25-17-6-7-21-20(26-17)28-10-19(23-11-28)32(30,31)27-14-4-5-14/h6-12,14,27H,4-5H2,1-3H3,(H,21,22,25,26). The van der Waals surface area contributed by atoms with Gasteiger partial charge in [0.2, 0.25) is 5.95 Å². The molecule has 166 valence electrons. The lowest BCUT2D eigenvalue weighted by molar-refractivity contribution is 0.577. The Hall–Kier alpha value is -3.38. The zero-order valence-electron chi connectivity index (χ0n) is 17.9. The topological polar surface area (TPSA) is 133 Å². The van der Waals surface area contributed by atoms with Gasteiger partial charge in [-0.05, 0) is 39.7 Å². The fraction of sp³-hybridized carbons (Fsp3) is 0.350. The van der Waals surface area contributed by atoms with Crippen LogP contribution in [0.4, 0.5) is 11.6 Å². The van der Waals surface area contributed by atoms with Gasteiger partial charge in [0.05, 0.1) is 17.9 Å². The number of rotatable bonds is 7. The van der Waals surface area contributed by atoms with Gasteiger partial charge < -0.3 is 9.88 Å². The normalized spacial score (nSPS) is 14.4. The Morgan fingerprint density at radius 3 is 2.69 bits per heavy atom. The molecule has 0 spiro atoms. The lowest BCUT2D eigenvalue weighted by atomic mass is 10.3. The maximum absolute atomic E-state index is 12.4. The van der Waals surface area contributed by atoms with E-state index in [1.54, 1.807) is 18.5 Å². The van der Waals surface area contributed by atoms with E-state index in [1.807, 2.05) is 13.0 Å². The van der Waals surface area contributed by atoms with Crippen molar-refractivity contribution in [3.63, 3.8) is 0 Å². The Bertz CT molecular complexity index is 1400. The number of fused-ring (bicyclic) bond motifs is 1. The Morgan fingerprint density at radius 2 is 1.94 bits per heavy atom. The summed E-state index contributed by atoms with van der Waals surface area (Å²) in [6, 6.07) is 3.92. The summed E-state index contributed by atoms with van der Waals surface area (Å²) in [6.45, 7) is 6.19. The first-order chi connectivity index (χ1) is 15.3. The van der Waals surface area contributed by atoms with Crippen molar-refractivity contribution in [1.29, 1.82) is 0 Å². The summed E-state index contributed by atoms with van der Waals surface area (Å²) >= 11 is 0. The van der Waals surface area contributed by atoms with Crippen molar-refractivity contribution in [2.24, 2.45) is 0 Å². The van der Waals surface area contributed by atoms with Crippen LogP contribution in [0.25, 0.3) is 17.0 Å². The zero-order chi connectivity index (χ0) is 22.5. The Kier molecular flexibility index (Phi) is 4.90. The summed E-state index contributed by atoms with van der Waals surface area (Å²) in [5, 5.41) is 3.13. The molecule has 0 saturated heterocycles. The molecule has 0 radical (unpaired) electrons. The van der Waals surface area contributed by atoms with Gasteiger partial charge in [0.25, 0.3) is 10.0 Å².